The highest BCUT2D eigenvalue weighted by molar-refractivity contribution is 7.89. The topological polar surface area (TPSA) is 104 Å². The molecule has 130 valence electrons. The molecule has 0 bridgehead atoms. The third kappa shape index (κ3) is 3.76. The molecule has 2 amide bonds. The van der Waals surface area contributed by atoms with Crippen LogP contribution in [0.5, 0.6) is 0 Å². The van der Waals surface area contributed by atoms with Crippen molar-refractivity contribution >= 4 is 21.8 Å². The molecule has 1 saturated heterocycles. The minimum absolute atomic E-state index is 0.0413. The van der Waals surface area contributed by atoms with E-state index in [0.29, 0.717) is 18.5 Å². The number of benzene rings is 1. The van der Waals surface area contributed by atoms with Crippen LogP contribution in [0.1, 0.15) is 42.5 Å². The van der Waals surface area contributed by atoms with Gasteiger partial charge in [0.05, 0.1) is 4.90 Å². The van der Waals surface area contributed by atoms with Crippen molar-refractivity contribution in [1.82, 2.24) is 15.4 Å². The zero-order chi connectivity index (χ0) is 17.2. The van der Waals surface area contributed by atoms with E-state index in [-0.39, 0.29) is 22.8 Å². The van der Waals surface area contributed by atoms with E-state index in [1.54, 1.807) is 0 Å². The fraction of sp³-hybridized carbons (Fsp3) is 0.500. The van der Waals surface area contributed by atoms with Crippen molar-refractivity contribution < 1.29 is 18.0 Å². The Morgan fingerprint density at radius 3 is 2.33 bits per heavy atom. The van der Waals surface area contributed by atoms with Gasteiger partial charge in [-0.2, -0.15) is 4.72 Å². The first-order valence-corrected chi connectivity index (χ1v) is 9.65. The second kappa shape index (κ2) is 6.90. The van der Waals surface area contributed by atoms with E-state index >= 15 is 0 Å². The molecule has 1 atom stereocenters. The van der Waals surface area contributed by atoms with Gasteiger partial charge in [-0.1, -0.05) is 12.8 Å². The summed E-state index contributed by atoms with van der Waals surface area (Å²) in [4.78, 5) is 23.7. The van der Waals surface area contributed by atoms with Crippen LogP contribution in [-0.2, 0) is 14.8 Å². The number of sulfonamides is 1. The van der Waals surface area contributed by atoms with Crippen molar-refractivity contribution in [3.63, 3.8) is 0 Å². The van der Waals surface area contributed by atoms with Crippen molar-refractivity contribution in [2.45, 2.75) is 49.1 Å². The minimum atomic E-state index is -3.78. The summed E-state index contributed by atoms with van der Waals surface area (Å²) >= 11 is 0. The molecule has 0 unspecified atom stereocenters. The highest BCUT2D eigenvalue weighted by atomic mass is 32.2. The van der Waals surface area contributed by atoms with Crippen LogP contribution in [0, 0.1) is 0 Å². The summed E-state index contributed by atoms with van der Waals surface area (Å²) in [5.41, 5.74) is 0.430. The Hall–Kier alpha value is -1.93. The van der Waals surface area contributed by atoms with Gasteiger partial charge in [0.15, 0.2) is 0 Å². The normalized spacial score (nSPS) is 21.7. The zero-order valence-electron chi connectivity index (χ0n) is 13.2. The fourth-order valence-corrected chi connectivity index (χ4v) is 4.32. The monoisotopic (exact) mass is 351 g/mol. The SMILES string of the molecule is O=C(NC1CCCC1)c1ccc(S(=O)(=O)N[C@H]2CCNC2=O)cc1. The molecule has 7 nitrogen and oxygen atoms in total. The molecule has 24 heavy (non-hydrogen) atoms. The van der Waals surface area contributed by atoms with Crippen LogP contribution in [-0.4, -0.2) is 38.9 Å². The maximum Gasteiger partial charge on any atom is 0.251 e. The summed E-state index contributed by atoms with van der Waals surface area (Å²) in [6.45, 7) is 0.465. The van der Waals surface area contributed by atoms with Gasteiger partial charge in [-0.05, 0) is 43.5 Å². The van der Waals surface area contributed by atoms with Crippen molar-refractivity contribution in [2.75, 3.05) is 6.54 Å². The van der Waals surface area contributed by atoms with Crippen LogP contribution < -0.4 is 15.4 Å². The van der Waals surface area contributed by atoms with Gasteiger partial charge in [-0.25, -0.2) is 8.42 Å². The molecule has 1 aromatic carbocycles. The number of nitrogens with one attached hydrogen (secondary N) is 3. The maximum absolute atomic E-state index is 12.3. The number of hydrogen-bond donors (Lipinski definition) is 3. The molecular weight excluding hydrogens is 330 g/mol. The first-order chi connectivity index (χ1) is 11.5. The second-order valence-electron chi connectivity index (χ2n) is 6.23. The lowest BCUT2D eigenvalue weighted by Gasteiger charge is -2.13. The molecule has 8 heteroatoms. The van der Waals surface area contributed by atoms with Gasteiger partial charge < -0.3 is 10.6 Å². The summed E-state index contributed by atoms with van der Waals surface area (Å²) in [5, 5.41) is 5.54. The molecule has 1 aliphatic carbocycles. The van der Waals surface area contributed by atoms with Crippen molar-refractivity contribution in [1.29, 1.82) is 0 Å². The third-order valence-corrected chi connectivity index (χ3v) is 5.95. The first-order valence-electron chi connectivity index (χ1n) is 8.17. The Labute approximate surface area is 141 Å². The highest BCUT2D eigenvalue weighted by Crippen LogP contribution is 2.18. The molecule has 1 aromatic rings. The molecule has 0 radical (unpaired) electrons. The van der Waals surface area contributed by atoms with Gasteiger partial charge in [-0.15, -0.1) is 0 Å². The Morgan fingerprint density at radius 2 is 1.75 bits per heavy atom. The van der Waals surface area contributed by atoms with Gasteiger partial charge in [0.2, 0.25) is 15.9 Å². The van der Waals surface area contributed by atoms with Crippen LogP contribution in [0.3, 0.4) is 0 Å². The fourth-order valence-electron chi connectivity index (χ4n) is 3.09. The second-order valence-corrected chi connectivity index (χ2v) is 7.95. The minimum Gasteiger partial charge on any atom is -0.355 e. The van der Waals surface area contributed by atoms with E-state index in [4.69, 9.17) is 0 Å². The molecule has 0 spiro atoms. The molecule has 1 heterocycles. The number of hydrogen-bond acceptors (Lipinski definition) is 4. The molecule has 2 aliphatic rings. The van der Waals surface area contributed by atoms with Crippen molar-refractivity contribution in [3.05, 3.63) is 29.8 Å². The standard InChI is InChI=1S/C16H21N3O4S/c20-15(18-12-3-1-2-4-12)11-5-7-13(8-6-11)24(22,23)19-14-9-10-17-16(14)21/h5-8,12,14,19H,1-4,9-10H2,(H,17,21)(H,18,20)/t14-/m0/s1. The van der Waals surface area contributed by atoms with Gasteiger partial charge >= 0.3 is 0 Å². The van der Waals surface area contributed by atoms with E-state index < -0.39 is 16.1 Å². The molecule has 3 rings (SSSR count). The number of carbonyl (C=O) groups excluding carboxylic acids is 2. The van der Waals surface area contributed by atoms with Crippen LogP contribution in [0.2, 0.25) is 0 Å². The predicted octanol–water partition coefficient (Wildman–Crippen LogP) is 0.526. The van der Waals surface area contributed by atoms with Crippen LogP contribution in [0.4, 0.5) is 0 Å². The molecule has 3 N–H and O–H groups in total. The summed E-state index contributed by atoms with van der Waals surface area (Å²) in [7, 11) is -3.78. The molecule has 2 fully saturated rings. The van der Waals surface area contributed by atoms with E-state index in [1.165, 1.54) is 24.3 Å². The van der Waals surface area contributed by atoms with Crippen LogP contribution in [0.15, 0.2) is 29.2 Å². The molecule has 1 aliphatic heterocycles. The van der Waals surface area contributed by atoms with Crippen molar-refractivity contribution in [3.8, 4) is 0 Å². The molecule has 1 saturated carbocycles. The zero-order valence-corrected chi connectivity index (χ0v) is 14.1. The van der Waals surface area contributed by atoms with E-state index in [2.05, 4.69) is 15.4 Å². The molecular formula is C16H21N3O4S. The lowest BCUT2D eigenvalue weighted by molar-refractivity contribution is -0.120. The smallest absolute Gasteiger partial charge is 0.251 e. The lowest BCUT2D eigenvalue weighted by Crippen LogP contribution is -2.40. The Bertz CT molecular complexity index is 724. The summed E-state index contributed by atoms with van der Waals surface area (Å²) in [6, 6.07) is 5.24. The predicted molar refractivity (Wildman–Crippen MR) is 87.9 cm³/mol. The average molecular weight is 351 g/mol. The first kappa shape index (κ1) is 16.9. The van der Waals surface area contributed by atoms with E-state index in [0.717, 1.165) is 25.7 Å². The highest BCUT2D eigenvalue weighted by Gasteiger charge is 2.29. The number of amides is 2. The number of carbonyl (C=O) groups is 2. The van der Waals surface area contributed by atoms with Crippen LogP contribution >= 0.6 is 0 Å². The summed E-state index contributed by atoms with van der Waals surface area (Å²) in [6.07, 6.45) is 4.67. The lowest BCUT2D eigenvalue weighted by atomic mass is 10.2. The summed E-state index contributed by atoms with van der Waals surface area (Å²) in [5.74, 6) is -0.500. The van der Waals surface area contributed by atoms with Crippen LogP contribution in [0.25, 0.3) is 0 Å². The van der Waals surface area contributed by atoms with Gasteiger partial charge in [0.1, 0.15) is 6.04 Å². The largest absolute Gasteiger partial charge is 0.355 e. The summed E-state index contributed by atoms with van der Waals surface area (Å²) < 4.78 is 27.0. The Kier molecular flexibility index (Phi) is 4.86. The maximum atomic E-state index is 12.3. The average Bonchev–Trinajstić information content (AvgIpc) is 3.20. The Balaban J connectivity index is 1.66. The van der Waals surface area contributed by atoms with Crippen molar-refractivity contribution in [2.24, 2.45) is 0 Å². The Morgan fingerprint density at radius 1 is 1.08 bits per heavy atom. The third-order valence-electron chi connectivity index (χ3n) is 4.46. The van der Waals surface area contributed by atoms with E-state index in [9.17, 15) is 18.0 Å². The molecule has 0 aromatic heterocycles. The van der Waals surface area contributed by atoms with E-state index in [1.807, 2.05) is 0 Å². The quantitative estimate of drug-likeness (QED) is 0.719. The number of rotatable bonds is 5. The van der Waals surface area contributed by atoms with Gasteiger partial charge in [0, 0.05) is 18.2 Å². The van der Waals surface area contributed by atoms with Gasteiger partial charge in [0.25, 0.3) is 5.91 Å². The van der Waals surface area contributed by atoms with Gasteiger partial charge in [-0.3, -0.25) is 9.59 Å².